The van der Waals surface area contributed by atoms with Gasteiger partial charge in [-0.15, -0.1) is 0 Å². The normalized spacial score (nSPS) is 12.7. The largest absolute Gasteiger partial charge is 0.497 e. The van der Waals surface area contributed by atoms with Crippen molar-refractivity contribution >= 4 is 10.0 Å². The van der Waals surface area contributed by atoms with Crippen molar-refractivity contribution in [3.63, 3.8) is 0 Å². The van der Waals surface area contributed by atoms with Gasteiger partial charge in [0.25, 0.3) is 0 Å². The van der Waals surface area contributed by atoms with Crippen LogP contribution in [0.15, 0.2) is 54.6 Å². The smallest absolute Gasteiger partial charge is 0.212 e. The van der Waals surface area contributed by atoms with Crippen LogP contribution < -0.4 is 9.46 Å². The number of methoxy groups -OCH3 is 1. The van der Waals surface area contributed by atoms with Gasteiger partial charge in [-0.05, 0) is 68.7 Å². The molecule has 0 spiro atoms. The Morgan fingerprint density at radius 1 is 1.06 bits per heavy atom. The van der Waals surface area contributed by atoms with Crippen molar-refractivity contribution in [3.05, 3.63) is 66.0 Å². The van der Waals surface area contributed by atoms with Crippen LogP contribution in [0.4, 0.5) is 0 Å². The standard InChI is InChI=1S/C25H35N5O3S/c1-4-30(5-2)18-9-19-34(31,32)29-23(17-12-20-10-7-6-8-11-20)25-26-24(27-28-25)21-13-15-22(33-3)16-14-21/h6-8,10-11,13-16,23,29H,4-5,9,12,17-19H2,1-3H3,(H,26,27,28)/t23-/m1/s1. The lowest BCUT2D eigenvalue weighted by atomic mass is 10.1. The average molecular weight is 486 g/mol. The Morgan fingerprint density at radius 3 is 2.41 bits per heavy atom. The second-order valence-electron chi connectivity index (χ2n) is 8.17. The molecule has 8 nitrogen and oxygen atoms in total. The monoisotopic (exact) mass is 485 g/mol. The summed E-state index contributed by atoms with van der Waals surface area (Å²) in [6.45, 7) is 6.75. The molecule has 2 N–H and O–H groups in total. The highest BCUT2D eigenvalue weighted by Crippen LogP contribution is 2.23. The molecule has 0 fully saturated rings. The number of nitrogens with zero attached hydrogens (tertiary/aromatic N) is 3. The van der Waals surface area contributed by atoms with Crippen molar-refractivity contribution in [2.24, 2.45) is 0 Å². The summed E-state index contributed by atoms with van der Waals surface area (Å²) in [5.41, 5.74) is 1.97. The van der Waals surface area contributed by atoms with Gasteiger partial charge < -0.3 is 9.64 Å². The third kappa shape index (κ3) is 7.65. The molecular weight excluding hydrogens is 450 g/mol. The van der Waals surface area contributed by atoms with E-state index in [0.717, 1.165) is 36.5 Å². The maximum absolute atomic E-state index is 12.9. The van der Waals surface area contributed by atoms with E-state index in [1.54, 1.807) is 7.11 Å². The molecule has 3 rings (SSSR count). The number of nitrogens with one attached hydrogen (secondary N) is 2. The van der Waals surface area contributed by atoms with Crippen molar-refractivity contribution in [3.8, 4) is 17.1 Å². The van der Waals surface area contributed by atoms with E-state index in [1.807, 2.05) is 54.6 Å². The third-order valence-electron chi connectivity index (χ3n) is 5.85. The minimum atomic E-state index is -3.49. The van der Waals surface area contributed by atoms with Gasteiger partial charge in [-0.3, -0.25) is 5.10 Å². The zero-order valence-corrected chi connectivity index (χ0v) is 21.0. The number of aromatic nitrogens is 3. The summed E-state index contributed by atoms with van der Waals surface area (Å²) in [7, 11) is -1.87. The SMILES string of the molecule is CCN(CC)CCCS(=O)(=O)N[C@H](CCc1ccccc1)c1nc(-c2ccc(OC)cc2)n[nH]1. The lowest BCUT2D eigenvalue weighted by molar-refractivity contribution is 0.304. The van der Waals surface area contributed by atoms with Crippen LogP contribution in [0.5, 0.6) is 5.75 Å². The topological polar surface area (TPSA) is 100 Å². The molecular formula is C25H35N5O3S. The van der Waals surface area contributed by atoms with E-state index in [0.29, 0.717) is 30.9 Å². The summed E-state index contributed by atoms with van der Waals surface area (Å²) >= 11 is 0. The predicted molar refractivity (Wildman–Crippen MR) is 135 cm³/mol. The molecule has 2 aromatic carbocycles. The highest BCUT2D eigenvalue weighted by molar-refractivity contribution is 7.89. The Kier molecular flexibility index (Phi) is 9.62. The summed E-state index contributed by atoms with van der Waals surface area (Å²) in [6, 6.07) is 17.0. The van der Waals surface area contributed by atoms with E-state index >= 15 is 0 Å². The second kappa shape index (κ2) is 12.6. The van der Waals surface area contributed by atoms with Crippen LogP contribution in [-0.2, 0) is 16.4 Å². The number of hydrogen-bond donors (Lipinski definition) is 2. The maximum atomic E-state index is 12.9. The Labute approximate surface area is 202 Å². The average Bonchev–Trinajstić information content (AvgIpc) is 3.35. The Bertz CT molecular complexity index is 1100. The van der Waals surface area contributed by atoms with Crippen molar-refractivity contribution in [1.29, 1.82) is 0 Å². The van der Waals surface area contributed by atoms with E-state index < -0.39 is 16.1 Å². The quantitative estimate of drug-likeness (QED) is 0.360. The minimum Gasteiger partial charge on any atom is -0.497 e. The minimum absolute atomic E-state index is 0.0742. The summed E-state index contributed by atoms with van der Waals surface area (Å²) in [6.07, 6.45) is 1.86. The van der Waals surface area contributed by atoms with E-state index in [9.17, 15) is 8.42 Å². The van der Waals surface area contributed by atoms with Crippen molar-refractivity contribution < 1.29 is 13.2 Å². The molecule has 3 aromatic rings. The highest BCUT2D eigenvalue weighted by Gasteiger charge is 2.23. The number of rotatable bonds is 14. The fourth-order valence-corrected chi connectivity index (χ4v) is 5.09. The molecule has 1 aromatic heterocycles. The molecule has 0 saturated heterocycles. The Balaban J connectivity index is 1.74. The molecule has 0 amide bonds. The van der Waals surface area contributed by atoms with Gasteiger partial charge in [0.1, 0.15) is 11.6 Å². The first-order valence-electron chi connectivity index (χ1n) is 11.8. The first kappa shape index (κ1) is 25.9. The van der Waals surface area contributed by atoms with Crippen LogP contribution in [0.2, 0.25) is 0 Å². The van der Waals surface area contributed by atoms with E-state index in [-0.39, 0.29) is 5.75 Å². The molecule has 0 aliphatic rings. The Hall–Kier alpha value is -2.75. The highest BCUT2D eigenvalue weighted by atomic mass is 32.2. The molecule has 9 heteroatoms. The number of aryl methyl sites for hydroxylation is 1. The number of benzene rings is 2. The predicted octanol–water partition coefficient (Wildman–Crippen LogP) is 3.81. The first-order valence-corrected chi connectivity index (χ1v) is 13.4. The number of H-pyrrole nitrogens is 1. The van der Waals surface area contributed by atoms with Gasteiger partial charge in [-0.25, -0.2) is 18.1 Å². The van der Waals surface area contributed by atoms with Crippen molar-refractivity contribution in [1.82, 2.24) is 24.8 Å². The summed E-state index contributed by atoms with van der Waals surface area (Å²) in [5.74, 6) is 1.85. The second-order valence-corrected chi connectivity index (χ2v) is 10.0. The lowest BCUT2D eigenvalue weighted by Gasteiger charge is -2.19. The molecule has 0 bridgehead atoms. The zero-order chi connectivity index (χ0) is 24.4. The fraction of sp³-hybridized carbons (Fsp3) is 0.440. The first-order chi connectivity index (χ1) is 16.4. The van der Waals surface area contributed by atoms with Gasteiger partial charge in [0.05, 0.1) is 18.9 Å². The fourth-order valence-electron chi connectivity index (χ4n) is 3.80. The molecule has 0 aliphatic carbocycles. The van der Waals surface area contributed by atoms with Crippen LogP contribution in [-0.4, -0.2) is 61.0 Å². The van der Waals surface area contributed by atoms with Gasteiger partial charge in [0.15, 0.2) is 5.82 Å². The molecule has 0 unspecified atom stereocenters. The van der Waals surface area contributed by atoms with Crippen molar-refractivity contribution in [2.45, 2.75) is 39.2 Å². The van der Waals surface area contributed by atoms with Gasteiger partial charge in [-0.1, -0.05) is 44.2 Å². The Morgan fingerprint density at radius 2 is 1.76 bits per heavy atom. The zero-order valence-electron chi connectivity index (χ0n) is 20.2. The molecule has 0 radical (unpaired) electrons. The van der Waals surface area contributed by atoms with Crippen molar-refractivity contribution in [2.75, 3.05) is 32.5 Å². The number of ether oxygens (including phenoxy) is 1. The third-order valence-corrected chi connectivity index (χ3v) is 7.32. The molecule has 184 valence electrons. The van der Waals surface area contributed by atoms with Crippen LogP contribution in [0.1, 0.15) is 44.1 Å². The molecule has 34 heavy (non-hydrogen) atoms. The molecule has 0 aliphatic heterocycles. The van der Waals surface area contributed by atoms with Gasteiger partial charge >= 0.3 is 0 Å². The number of sulfonamides is 1. The van der Waals surface area contributed by atoms with Gasteiger partial charge in [-0.2, -0.15) is 5.10 Å². The summed E-state index contributed by atoms with van der Waals surface area (Å²) < 4.78 is 33.9. The van der Waals surface area contributed by atoms with Crippen LogP contribution in [0.25, 0.3) is 11.4 Å². The van der Waals surface area contributed by atoms with Gasteiger partial charge in [0.2, 0.25) is 10.0 Å². The molecule has 1 atom stereocenters. The van der Waals surface area contributed by atoms with E-state index in [1.165, 1.54) is 0 Å². The number of aromatic amines is 1. The maximum Gasteiger partial charge on any atom is 0.212 e. The van der Waals surface area contributed by atoms with Crippen LogP contribution >= 0.6 is 0 Å². The lowest BCUT2D eigenvalue weighted by Crippen LogP contribution is -2.33. The molecule has 0 saturated carbocycles. The molecule has 1 heterocycles. The van der Waals surface area contributed by atoms with E-state index in [4.69, 9.17) is 4.74 Å². The van der Waals surface area contributed by atoms with Gasteiger partial charge in [0, 0.05) is 5.56 Å². The summed E-state index contributed by atoms with van der Waals surface area (Å²) in [4.78, 5) is 6.85. The van der Waals surface area contributed by atoms with Crippen LogP contribution in [0, 0.1) is 0 Å². The van der Waals surface area contributed by atoms with E-state index in [2.05, 4.69) is 38.7 Å². The number of hydrogen-bond acceptors (Lipinski definition) is 6. The van der Waals surface area contributed by atoms with Crippen LogP contribution in [0.3, 0.4) is 0 Å². The summed E-state index contributed by atoms with van der Waals surface area (Å²) in [5, 5.41) is 7.29.